The van der Waals surface area contributed by atoms with E-state index >= 15 is 0 Å². The van der Waals surface area contributed by atoms with Gasteiger partial charge in [-0.3, -0.25) is 0 Å². The Kier molecular flexibility index (Phi) is 4.02. The van der Waals surface area contributed by atoms with Gasteiger partial charge in [-0.15, -0.1) is 0 Å². The molecule has 1 aliphatic carbocycles. The molecule has 1 heterocycles. The molecule has 0 spiro atoms. The number of nitrogens with two attached hydrogens (primary N) is 1. The molecular weight excluding hydrogens is 310 g/mol. The van der Waals surface area contributed by atoms with Gasteiger partial charge in [-0.25, -0.2) is 18.2 Å². The van der Waals surface area contributed by atoms with E-state index in [-0.39, 0.29) is 11.3 Å². The fraction of sp³-hybridized carbons (Fsp3) is 0.118. The highest BCUT2D eigenvalue weighted by molar-refractivity contribution is 7.93. The maximum Gasteiger partial charge on any atom is 0.234 e. The summed E-state index contributed by atoms with van der Waals surface area (Å²) >= 11 is 0. The molecule has 118 valence electrons. The molecular formula is C17H17N3O2S. The zero-order chi connectivity index (χ0) is 16.4. The van der Waals surface area contributed by atoms with Crippen LogP contribution in [0.2, 0.25) is 0 Å². The topological polar surface area (TPSA) is 78.0 Å². The van der Waals surface area contributed by atoms with Crippen molar-refractivity contribution in [2.75, 3.05) is 0 Å². The molecule has 1 aliphatic rings. The molecule has 2 N–H and O–H groups in total. The van der Waals surface area contributed by atoms with Crippen LogP contribution in [0.25, 0.3) is 17.0 Å². The third-order valence-electron chi connectivity index (χ3n) is 3.61. The number of allylic oxidation sites excluding steroid dienone is 6. The summed E-state index contributed by atoms with van der Waals surface area (Å²) < 4.78 is 24.6. The van der Waals surface area contributed by atoms with Crippen LogP contribution in [0, 0.1) is 6.92 Å². The molecule has 0 unspecified atom stereocenters. The minimum atomic E-state index is -3.66. The number of primary sulfonamides is 1. The largest absolute Gasteiger partial charge is 0.240 e. The Morgan fingerprint density at radius 2 is 1.87 bits per heavy atom. The van der Waals surface area contributed by atoms with E-state index in [4.69, 9.17) is 5.14 Å². The summed E-state index contributed by atoms with van der Waals surface area (Å²) in [6, 6.07) is 10.1. The fourth-order valence-corrected chi connectivity index (χ4v) is 2.89. The molecule has 6 heteroatoms. The molecule has 1 aromatic carbocycles. The summed E-state index contributed by atoms with van der Waals surface area (Å²) in [5, 5.41) is 9.72. The molecule has 23 heavy (non-hydrogen) atoms. The quantitative estimate of drug-likeness (QED) is 0.941. The van der Waals surface area contributed by atoms with Crippen molar-refractivity contribution >= 4 is 15.7 Å². The van der Waals surface area contributed by atoms with Gasteiger partial charge in [-0.1, -0.05) is 35.9 Å². The van der Waals surface area contributed by atoms with Gasteiger partial charge in [0.25, 0.3) is 0 Å². The van der Waals surface area contributed by atoms with Gasteiger partial charge in [0.1, 0.15) is 0 Å². The molecule has 0 saturated heterocycles. The van der Waals surface area contributed by atoms with Crippen molar-refractivity contribution in [3.8, 4) is 11.3 Å². The minimum absolute atomic E-state index is 0.190. The number of aryl methyl sites for hydroxylation is 1. The van der Waals surface area contributed by atoms with Crippen LogP contribution >= 0.6 is 0 Å². The van der Waals surface area contributed by atoms with Gasteiger partial charge < -0.3 is 0 Å². The number of hydrogen-bond acceptors (Lipinski definition) is 3. The van der Waals surface area contributed by atoms with E-state index in [1.54, 1.807) is 16.8 Å². The summed E-state index contributed by atoms with van der Waals surface area (Å²) in [5.74, 6) is 0. The van der Waals surface area contributed by atoms with Crippen LogP contribution in [0.4, 0.5) is 0 Å². The minimum Gasteiger partial charge on any atom is -0.240 e. The van der Waals surface area contributed by atoms with Gasteiger partial charge in [0, 0.05) is 18.2 Å². The summed E-state index contributed by atoms with van der Waals surface area (Å²) in [6.07, 6.45) is 8.96. The molecule has 0 radical (unpaired) electrons. The molecule has 0 fully saturated rings. The van der Waals surface area contributed by atoms with Crippen molar-refractivity contribution in [2.45, 2.75) is 13.3 Å². The van der Waals surface area contributed by atoms with Gasteiger partial charge in [0.05, 0.1) is 16.3 Å². The summed E-state index contributed by atoms with van der Waals surface area (Å²) in [6.45, 7) is 2.04. The lowest BCUT2D eigenvalue weighted by atomic mass is 10.1. The van der Waals surface area contributed by atoms with E-state index < -0.39 is 10.0 Å². The van der Waals surface area contributed by atoms with Crippen LogP contribution in [0.5, 0.6) is 0 Å². The molecule has 0 bridgehead atoms. The Hall–Kier alpha value is -2.44. The summed E-state index contributed by atoms with van der Waals surface area (Å²) in [4.78, 5) is 0.190. The standard InChI is InChI=1S/C17H17N3O2S/c1-13-5-7-14(8-6-13)17-11-12-20(19-17)15-3-2-4-16(10-9-15)23(18,21)22/h2-3,5-12H,4H2,1H3,(H2,18,21,22). The highest BCUT2D eigenvalue weighted by Gasteiger charge is 2.12. The van der Waals surface area contributed by atoms with Crippen LogP contribution < -0.4 is 5.14 Å². The van der Waals surface area contributed by atoms with E-state index in [0.29, 0.717) is 0 Å². The maximum atomic E-state index is 11.4. The lowest BCUT2D eigenvalue weighted by Gasteiger charge is -2.01. The molecule has 3 rings (SSSR count). The number of aromatic nitrogens is 2. The average Bonchev–Trinajstić information content (AvgIpc) is 2.84. The first-order chi connectivity index (χ1) is 10.9. The second-order valence-electron chi connectivity index (χ2n) is 5.39. The predicted octanol–water partition coefficient (Wildman–Crippen LogP) is 2.83. The van der Waals surface area contributed by atoms with Crippen molar-refractivity contribution < 1.29 is 8.42 Å². The van der Waals surface area contributed by atoms with Gasteiger partial charge in [0.2, 0.25) is 10.0 Å². The van der Waals surface area contributed by atoms with Crippen molar-refractivity contribution in [3.63, 3.8) is 0 Å². The monoisotopic (exact) mass is 327 g/mol. The van der Waals surface area contributed by atoms with Crippen molar-refractivity contribution in [1.82, 2.24) is 9.78 Å². The zero-order valence-corrected chi connectivity index (χ0v) is 13.5. The maximum absolute atomic E-state index is 11.4. The van der Waals surface area contributed by atoms with Gasteiger partial charge in [0.15, 0.2) is 0 Å². The normalized spacial score (nSPS) is 15.0. The third kappa shape index (κ3) is 3.49. The molecule has 0 atom stereocenters. The van der Waals surface area contributed by atoms with E-state index in [9.17, 15) is 8.42 Å². The Morgan fingerprint density at radius 1 is 1.13 bits per heavy atom. The number of sulfonamides is 1. The van der Waals surface area contributed by atoms with Gasteiger partial charge >= 0.3 is 0 Å². The smallest absolute Gasteiger partial charge is 0.234 e. The molecule has 0 saturated carbocycles. The van der Waals surface area contributed by atoms with Crippen molar-refractivity contribution in [2.24, 2.45) is 5.14 Å². The molecule has 5 nitrogen and oxygen atoms in total. The molecule has 0 aliphatic heterocycles. The average molecular weight is 327 g/mol. The Bertz CT molecular complexity index is 917. The third-order valence-corrected chi connectivity index (χ3v) is 4.65. The second-order valence-corrected chi connectivity index (χ2v) is 7.00. The number of benzene rings is 1. The number of hydrogen-bond donors (Lipinski definition) is 1. The molecule has 0 amide bonds. The Balaban J connectivity index is 1.93. The van der Waals surface area contributed by atoms with Crippen LogP contribution in [0.15, 0.2) is 65.7 Å². The highest BCUT2D eigenvalue weighted by Crippen LogP contribution is 2.21. The van der Waals surface area contributed by atoms with Gasteiger partial charge in [-0.05, 0) is 31.2 Å². The SMILES string of the molecule is Cc1ccc(-c2ccn(C3=CC=C(S(N)(=O)=O)CC=C3)n2)cc1. The van der Waals surface area contributed by atoms with Crippen LogP contribution in [0.3, 0.4) is 0 Å². The van der Waals surface area contributed by atoms with E-state index in [0.717, 1.165) is 17.0 Å². The number of nitrogens with zero attached hydrogens (tertiary/aromatic N) is 2. The Labute approximate surface area is 135 Å². The van der Waals surface area contributed by atoms with Crippen LogP contribution in [0.1, 0.15) is 12.0 Å². The van der Waals surface area contributed by atoms with Gasteiger partial charge in [-0.2, -0.15) is 5.10 Å². The van der Waals surface area contributed by atoms with E-state index in [2.05, 4.69) is 5.10 Å². The zero-order valence-electron chi connectivity index (χ0n) is 12.7. The highest BCUT2D eigenvalue weighted by atomic mass is 32.2. The fourth-order valence-electron chi connectivity index (χ4n) is 2.31. The lowest BCUT2D eigenvalue weighted by Crippen LogP contribution is -2.13. The van der Waals surface area contributed by atoms with E-state index in [1.165, 1.54) is 11.6 Å². The predicted molar refractivity (Wildman–Crippen MR) is 91.6 cm³/mol. The van der Waals surface area contributed by atoms with Crippen molar-refractivity contribution in [1.29, 1.82) is 0 Å². The first-order valence-electron chi connectivity index (χ1n) is 7.17. The Morgan fingerprint density at radius 3 is 2.57 bits per heavy atom. The van der Waals surface area contributed by atoms with Crippen molar-refractivity contribution in [3.05, 3.63) is 71.3 Å². The first-order valence-corrected chi connectivity index (χ1v) is 8.71. The van der Waals surface area contributed by atoms with Crippen LogP contribution in [-0.4, -0.2) is 18.2 Å². The van der Waals surface area contributed by atoms with Crippen LogP contribution in [-0.2, 0) is 10.0 Å². The van der Waals surface area contributed by atoms with E-state index in [1.807, 2.05) is 49.5 Å². The summed E-state index contributed by atoms with van der Waals surface area (Å²) in [7, 11) is -3.66. The second kappa shape index (κ2) is 5.98. The first kappa shape index (κ1) is 15.5. The number of rotatable bonds is 3. The molecule has 2 aromatic rings. The lowest BCUT2D eigenvalue weighted by molar-refractivity contribution is 0.603. The summed E-state index contributed by atoms with van der Waals surface area (Å²) in [5.41, 5.74) is 3.87. The molecule has 1 aromatic heterocycles.